The lowest BCUT2D eigenvalue weighted by molar-refractivity contribution is -0.151. The van der Waals surface area contributed by atoms with Crippen molar-refractivity contribution in [2.24, 2.45) is 5.92 Å². The zero-order chi connectivity index (χ0) is 23.0. The molecule has 2 rings (SSSR count). The monoisotopic (exact) mass is 430 g/mol. The third kappa shape index (κ3) is 7.87. The van der Waals surface area contributed by atoms with Crippen molar-refractivity contribution >= 4 is 11.9 Å². The first kappa shape index (κ1) is 24.7. The molecule has 2 N–H and O–H groups in total. The smallest absolute Gasteiger partial charge is 0.343 e. The second-order valence-corrected chi connectivity index (χ2v) is 8.43. The minimum Gasteiger partial charge on any atom is -0.504 e. The van der Waals surface area contributed by atoms with E-state index in [1.54, 1.807) is 6.92 Å². The highest BCUT2D eigenvalue weighted by atomic mass is 16.6. The maximum atomic E-state index is 11.4. The van der Waals surface area contributed by atoms with E-state index in [9.17, 15) is 19.8 Å². The van der Waals surface area contributed by atoms with E-state index in [0.29, 0.717) is 12.0 Å². The molecule has 0 fully saturated rings. The first-order valence-electron chi connectivity index (χ1n) is 10.9. The number of aliphatic hydroxyl groups is 2. The fourth-order valence-corrected chi connectivity index (χ4v) is 3.53. The van der Waals surface area contributed by atoms with E-state index >= 15 is 0 Å². The van der Waals surface area contributed by atoms with Gasteiger partial charge in [-0.05, 0) is 83.8 Å². The van der Waals surface area contributed by atoms with Gasteiger partial charge in [0.2, 0.25) is 6.29 Å². The standard InChI is InChI=1S/C25H34O6/c1-16(10-6-12-18(3)14-21-23(27)19(4)24(28)30-21)8-5-9-17(2)11-7-13-20-15-22(26)31-25(20)29/h8,11,14-15,18,22,26-27H,5-7,9-10,12-13H2,1-4H3. The molecule has 31 heavy (non-hydrogen) atoms. The maximum absolute atomic E-state index is 11.4. The number of rotatable bonds is 11. The van der Waals surface area contributed by atoms with Crippen molar-refractivity contribution in [2.45, 2.75) is 78.9 Å². The number of ether oxygens (including phenoxy) is 2. The molecule has 6 heteroatoms. The van der Waals surface area contributed by atoms with E-state index < -0.39 is 18.2 Å². The Morgan fingerprint density at radius 2 is 1.81 bits per heavy atom. The first-order valence-corrected chi connectivity index (χ1v) is 10.9. The summed E-state index contributed by atoms with van der Waals surface area (Å²) in [7, 11) is 0. The van der Waals surface area contributed by atoms with Crippen LogP contribution in [0.5, 0.6) is 0 Å². The van der Waals surface area contributed by atoms with Crippen LogP contribution in [0.3, 0.4) is 0 Å². The van der Waals surface area contributed by atoms with Gasteiger partial charge in [-0.1, -0.05) is 30.2 Å². The van der Waals surface area contributed by atoms with E-state index in [0.717, 1.165) is 38.5 Å². The average molecular weight is 431 g/mol. The summed E-state index contributed by atoms with van der Waals surface area (Å²) in [4.78, 5) is 22.9. The van der Waals surface area contributed by atoms with Crippen LogP contribution in [-0.4, -0.2) is 28.4 Å². The minimum atomic E-state index is -1.09. The summed E-state index contributed by atoms with van der Waals surface area (Å²) in [5.74, 6) is -0.455. The molecule has 2 aliphatic heterocycles. The molecule has 2 heterocycles. The summed E-state index contributed by atoms with van der Waals surface area (Å²) in [6.07, 6.45) is 12.9. The summed E-state index contributed by atoms with van der Waals surface area (Å²) in [6.45, 7) is 7.85. The van der Waals surface area contributed by atoms with E-state index in [4.69, 9.17) is 4.74 Å². The number of carbonyl (C=O) groups excluding carboxylic acids is 2. The first-order chi connectivity index (χ1) is 14.7. The number of carbonyl (C=O) groups is 2. The van der Waals surface area contributed by atoms with Crippen molar-refractivity contribution in [2.75, 3.05) is 0 Å². The van der Waals surface area contributed by atoms with Crippen LogP contribution in [0.4, 0.5) is 0 Å². The largest absolute Gasteiger partial charge is 0.504 e. The Kier molecular flexibility index (Phi) is 9.31. The van der Waals surface area contributed by atoms with Gasteiger partial charge in [0, 0.05) is 5.57 Å². The lowest BCUT2D eigenvalue weighted by Crippen LogP contribution is -2.06. The summed E-state index contributed by atoms with van der Waals surface area (Å²) >= 11 is 0. The van der Waals surface area contributed by atoms with Gasteiger partial charge >= 0.3 is 11.9 Å². The van der Waals surface area contributed by atoms with Gasteiger partial charge in [0.15, 0.2) is 11.5 Å². The van der Waals surface area contributed by atoms with Gasteiger partial charge in [0.1, 0.15) is 0 Å². The second-order valence-electron chi connectivity index (χ2n) is 8.43. The fraction of sp³-hybridized carbons (Fsp3) is 0.520. The molecule has 0 aromatic rings. The molecule has 0 aromatic heterocycles. The fourth-order valence-electron chi connectivity index (χ4n) is 3.53. The van der Waals surface area contributed by atoms with Gasteiger partial charge in [-0.25, -0.2) is 9.59 Å². The Morgan fingerprint density at radius 3 is 2.42 bits per heavy atom. The molecular weight excluding hydrogens is 396 g/mol. The Hall–Kier alpha value is -2.60. The van der Waals surface area contributed by atoms with Crippen LogP contribution in [0.1, 0.15) is 72.6 Å². The van der Waals surface area contributed by atoms with Gasteiger partial charge < -0.3 is 19.7 Å². The topological polar surface area (TPSA) is 93.1 Å². The highest BCUT2D eigenvalue weighted by Gasteiger charge is 2.26. The molecule has 0 aromatic carbocycles. The summed E-state index contributed by atoms with van der Waals surface area (Å²) < 4.78 is 9.75. The number of hydrogen-bond acceptors (Lipinski definition) is 6. The van der Waals surface area contributed by atoms with Crippen molar-refractivity contribution in [3.05, 3.63) is 58.1 Å². The predicted octanol–water partition coefficient (Wildman–Crippen LogP) is 5.32. The summed E-state index contributed by atoms with van der Waals surface area (Å²) in [6, 6.07) is 0. The molecule has 0 spiro atoms. The molecular formula is C25H34O6. The van der Waals surface area contributed by atoms with Crippen molar-refractivity contribution in [1.29, 1.82) is 0 Å². The Bertz CT molecular complexity index is 840. The molecule has 0 saturated heterocycles. The highest BCUT2D eigenvalue weighted by molar-refractivity contribution is 5.93. The molecule has 6 nitrogen and oxygen atoms in total. The molecule has 170 valence electrons. The van der Waals surface area contributed by atoms with E-state index in [2.05, 4.69) is 37.7 Å². The normalized spacial score (nSPS) is 22.2. The van der Waals surface area contributed by atoms with Crippen LogP contribution >= 0.6 is 0 Å². The van der Waals surface area contributed by atoms with Crippen LogP contribution in [-0.2, 0) is 19.1 Å². The zero-order valence-electron chi connectivity index (χ0n) is 18.9. The number of allylic oxidation sites excluding steroid dienone is 5. The SMILES string of the molecule is CC(=CCCC1=CC(O)OC1=O)CCC=C(C)CCCC(C)C=C1OC(=O)C(C)=C1O. The third-order valence-electron chi connectivity index (χ3n) is 5.54. The molecule has 0 saturated carbocycles. The molecule has 0 bridgehead atoms. The van der Waals surface area contributed by atoms with Crippen LogP contribution < -0.4 is 0 Å². The number of aliphatic hydroxyl groups excluding tert-OH is 2. The van der Waals surface area contributed by atoms with Crippen LogP contribution in [0.25, 0.3) is 0 Å². The predicted molar refractivity (Wildman–Crippen MR) is 119 cm³/mol. The lowest BCUT2D eigenvalue weighted by atomic mass is 9.99. The number of cyclic esters (lactones) is 2. The Morgan fingerprint density at radius 1 is 1.13 bits per heavy atom. The maximum Gasteiger partial charge on any atom is 0.343 e. The van der Waals surface area contributed by atoms with Gasteiger partial charge in [-0.3, -0.25) is 0 Å². The Labute approximate surface area is 184 Å². The highest BCUT2D eigenvalue weighted by Crippen LogP contribution is 2.26. The Balaban J connectivity index is 1.64. The molecule has 2 unspecified atom stereocenters. The average Bonchev–Trinajstić information content (AvgIpc) is 3.14. The molecule has 2 aliphatic rings. The van der Waals surface area contributed by atoms with Crippen molar-refractivity contribution in [3.8, 4) is 0 Å². The van der Waals surface area contributed by atoms with Crippen LogP contribution in [0, 0.1) is 5.92 Å². The van der Waals surface area contributed by atoms with Gasteiger partial charge in [-0.2, -0.15) is 0 Å². The van der Waals surface area contributed by atoms with Gasteiger partial charge in [-0.15, -0.1) is 0 Å². The van der Waals surface area contributed by atoms with Crippen LogP contribution in [0.15, 0.2) is 58.1 Å². The van der Waals surface area contributed by atoms with Crippen molar-refractivity contribution in [3.63, 3.8) is 0 Å². The van der Waals surface area contributed by atoms with Crippen molar-refractivity contribution in [1.82, 2.24) is 0 Å². The van der Waals surface area contributed by atoms with Crippen LogP contribution in [0.2, 0.25) is 0 Å². The van der Waals surface area contributed by atoms with E-state index in [-0.39, 0.29) is 23.0 Å². The lowest BCUT2D eigenvalue weighted by Gasteiger charge is -2.08. The van der Waals surface area contributed by atoms with Crippen molar-refractivity contribution < 1.29 is 29.3 Å². The zero-order valence-corrected chi connectivity index (χ0v) is 18.9. The molecule has 0 amide bonds. The quantitative estimate of drug-likeness (QED) is 0.340. The van der Waals surface area contributed by atoms with Gasteiger partial charge in [0.05, 0.1) is 5.57 Å². The molecule has 0 radical (unpaired) electrons. The molecule has 2 atom stereocenters. The third-order valence-corrected chi connectivity index (χ3v) is 5.54. The summed E-state index contributed by atoms with van der Waals surface area (Å²) in [5.41, 5.74) is 3.44. The van der Waals surface area contributed by atoms with E-state index in [1.807, 2.05) is 6.08 Å². The second kappa shape index (κ2) is 11.7. The van der Waals surface area contributed by atoms with Gasteiger partial charge in [0.25, 0.3) is 0 Å². The molecule has 0 aliphatic carbocycles. The van der Waals surface area contributed by atoms with E-state index in [1.165, 1.54) is 17.2 Å². The summed E-state index contributed by atoms with van der Waals surface area (Å²) in [5, 5.41) is 19.1. The number of hydrogen-bond donors (Lipinski definition) is 2. The number of esters is 2. The minimum absolute atomic E-state index is 0.0474.